The minimum Gasteiger partial charge on any atom is -0.497 e. The number of hydrogen-bond donors (Lipinski definition) is 1. The van der Waals surface area contributed by atoms with Gasteiger partial charge in [-0.2, -0.15) is 0 Å². The van der Waals surface area contributed by atoms with Crippen LogP contribution >= 0.6 is 11.6 Å². The predicted octanol–water partition coefficient (Wildman–Crippen LogP) is 3.55. The first-order valence-corrected chi connectivity index (χ1v) is 8.30. The lowest BCUT2D eigenvalue weighted by Crippen LogP contribution is -2.44. The molecule has 1 atom stereocenters. The van der Waals surface area contributed by atoms with E-state index in [-0.39, 0.29) is 5.91 Å². The summed E-state index contributed by atoms with van der Waals surface area (Å²) in [6.07, 6.45) is 0.406. The second kappa shape index (κ2) is 7.15. The van der Waals surface area contributed by atoms with E-state index in [0.29, 0.717) is 18.0 Å². The van der Waals surface area contributed by atoms with Crippen LogP contribution in [0.5, 0.6) is 5.75 Å². The molecule has 1 amide bonds. The van der Waals surface area contributed by atoms with Crippen molar-refractivity contribution in [3.63, 3.8) is 0 Å². The molecule has 0 aliphatic carbocycles. The maximum Gasteiger partial charge on any atom is 0.267 e. The van der Waals surface area contributed by atoms with E-state index >= 15 is 0 Å². The molecule has 5 nitrogen and oxygen atoms in total. The largest absolute Gasteiger partial charge is 0.497 e. The number of ether oxygens (including phenoxy) is 1. The van der Waals surface area contributed by atoms with E-state index in [0.717, 1.165) is 22.6 Å². The van der Waals surface area contributed by atoms with Crippen LogP contribution in [0.25, 0.3) is 0 Å². The van der Waals surface area contributed by atoms with Crippen molar-refractivity contribution in [3.05, 3.63) is 64.7 Å². The molecule has 0 aromatic heterocycles. The van der Waals surface area contributed by atoms with Crippen molar-refractivity contribution in [2.45, 2.75) is 25.5 Å². The van der Waals surface area contributed by atoms with Crippen LogP contribution in [0.1, 0.15) is 24.5 Å². The van der Waals surface area contributed by atoms with E-state index in [1.54, 1.807) is 26.2 Å². The number of rotatable bonds is 5. The Morgan fingerprint density at radius 2 is 1.92 bits per heavy atom. The van der Waals surface area contributed by atoms with Crippen LogP contribution in [-0.4, -0.2) is 24.3 Å². The number of oxime groups is 1. The Bertz CT molecular complexity index is 787. The van der Waals surface area contributed by atoms with Crippen molar-refractivity contribution in [1.82, 2.24) is 5.32 Å². The molecular formula is C19H19ClN2O3. The Hall–Kier alpha value is -2.53. The molecular weight excluding hydrogens is 340 g/mol. The summed E-state index contributed by atoms with van der Waals surface area (Å²) in [5, 5.41) is 7.64. The van der Waals surface area contributed by atoms with Gasteiger partial charge in [0, 0.05) is 18.0 Å². The smallest absolute Gasteiger partial charge is 0.267 e. The third-order valence-electron chi connectivity index (χ3n) is 4.13. The summed E-state index contributed by atoms with van der Waals surface area (Å²) in [5.74, 6) is 0.582. The standard InChI is InChI=1S/C19H19ClN2O3/c1-19(11-17(22-25-19)14-5-7-15(20)8-6-14)18(23)21-12-13-3-9-16(24-2)10-4-13/h3-10H,11-12H2,1-2H3,(H,21,23). The summed E-state index contributed by atoms with van der Waals surface area (Å²) in [6, 6.07) is 14.8. The zero-order valence-corrected chi connectivity index (χ0v) is 14.8. The molecule has 6 heteroatoms. The first-order chi connectivity index (χ1) is 12.0. The highest BCUT2D eigenvalue weighted by Crippen LogP contribution is 2.27. The van der Waals surface area contributed by atoms with Gasteiger partial charge >= 0.3 is 0 Å². The van der Waals surface area contributed by atoms with E-state index in [2.05, 4.69) is 10.5 Å². The van der Waals surface area contributed by atoms with Crippen molar-refractivity contribution in [2.24, 2.45) is 5.16 Å². The van der Waals surface area contributed by atoms with Crippen LogP contribution in [-0.2, 0) is 16.2 Å². The molecule has 3 rings (SSSR count). The molecule has 130 valence electrons. The van der Waals surface area contributed by atoms with Crippen LogP contribution in [0.4, 0.5) is 0 Å². The van der Waals surface area contributed by atoms with Crippen molar-refractivity contribution < 1.29 is 14.4 Å². The highest BCUT2D eigenvalue weighted by molar-refractivity contribution is 6.30. The highest BCUT2D eigenvalue weighted by atomic mass is 35.5. The van der Waals surface area contributed by atoms with Gasteiger partial charge in [0.25, 0.3) is 5.91 Å². The summed E-state index contributed by atoms with van der Waals surface area (Å²) in [7, 11) is 1.62. The number of amides is 1. The van der Waals surface area contributed by atoms with Crippen LogP contribution in [0.15, 0.2) is 53.7 Å². The van der Waals surface area contributed by atoms with Gasteiger partial charge in [0.15, 0.2) is 0 Å². The summed E-state index contributed by atoms with van der Waals surface area (Å²) >= 11 is 5.90. The van der Waals surface area contributed by atoms with E-state index in [4.69, 9.17) is 21.2 Å². The summed E-state index contributed by atoms with van der Waals surface area (Å²) < 4.78 is 5.12. The van der Waals surface area contributed by atoms with E-state index < -0.39 is 5.60 Å². The Morgan fingerprint density at radius 1 is 1.24 bits per heavy atom. The van der Waals surface area contributed by atoms with Crippen molar-refractivity contribution >= 4 is 23.2 Å². The van der Waals surface area contributed by atoms with Gasteiger partial charge in [0.1, 0.15) is 5.75 Å². The van der Waals surface area contributed by atoms with Gasteiger partial charge in [-0.3, -0.25) is 4.79 Å². The van der Waals surface area contributed by atoms with Crippen molar-refractivity contribution in [3.8, 4) is 5.75 Å². The summed E-state index contributed by atoms with van der Waals surface area (Å²) in [6.45, 7) is 2.15. The lowest BCUT2D eigenvalue weighted by molar-refractivity contribution is -0.141. The fourth-order valence-electron chi connectivity index (χ4n) is 2.57. The molecule has 25 heavy (non-hydrogen) atoms. The van der Waals surface area contributed by atoms with Gasteiger partial charge in [0.05, 0.1) is 12.8 Å². The molecule has 1 unspecified atom stereocenters. The van der Waals surface area contributed by atoms with Crippen LogP contribution in [0.3, 0.4) is 0 Å². The third-order valence-corrected chi connectivity index (χ3v) is 4.38. The van der Waals surface area contributed by atoms with E-state index in [1.807, 2.05) is 36.4 Å². The van der Waals surface area contributed by atoms with Crippen molar-refractivity contribution in [2.75, 3.05) is 7.11 Å². The summed E-state index contributed by atoms with van der Waals surface area (Å²) in [5.41, 5.74) is 1.60. The lowest BCUT2D eigenvalue weighted by Gasteiger charge is -2.20. The van der Waals surface area contributed by atoms with Gasteiger partial charge in [-0.05, 0) is 42.3 Å². The fourth-order valence-corrected chi connectivity index (χ4v) is 2.70. The van der Waals surface area contributed by atoms with Crippen LogP contribution in [0.2, 0.25) is 5.02 Å². The number of carbonyl (C=O) groups excluding carboxylic acids is 1. The topological polar surface area (TPSA) is 59.9 Å². The van der Waals surface area contributed by atoms with Crippen molar-refractivity contribution in [1.29, 1.82) is 0 Å². The molecule has 1 aliphatic rings. The van der Waals surface area contributed by atoms with Gasteiger partial charge in [-0.15, -0.1) is 0 Å². The van der Waals surface area contributed by atoms with Crippen LogP contribution in [0, 0.1) is 0 Å². The molecule has 0 saturated heterocycles. The fraction of sp³-hybridized carbons (Fsp3) is 0.263. The monoisotopic (exact) mass is 358 g/mol. The number of nitrogens with zero attached hydrogens (tertiary/aromatic N) is 1. The average molecular weight is 359 g/mol. The van der Waals surface area contributed by atoms with Crippen LogP contribution < -0.4 is 10.1 Å². The van der Waals surface area contributed by atoms with Gasteiger partial charge in [-0.25, -0.2) is 0 Å². The maximum atomic E-state index is 12.5. The molecule has 1 aliphatic heterocycles. The molecule has 0 saturated carbocycles. The van der Waals surface area contributed by atoms with Gasteiger partial charge < -0.3 is 14.9 Å². The SMILES string of the molecule is COc1ccc(CNC(=O)C2(C)CC(c3ccc(Cl)cc3)=NO2)cc1. The second-order valence-corrected chi connectivity index (χ2v) is 6.51. The summed E-state index contributed by atoms with van der Waals surface area (Å²) in [4.78, 5) is 18.0. The Balaban J connectivity index is 1.59. The molecule has 0 bridgehead atoms. The van der Waals surface area contributed by atoms with Gasteiger partial charge in [0.2, 0.25) is 5.60 Å². The Morgan fingerprint density at radius 3 is 2.56 bits per heavy atom. The zero-order valence-electron chi connectivity index (χ0n) is 14.1. The lowest BCUT2D eigenvalue weighted by atomic mass is 9.95. The first-order valence-electron chi connectivity index (χ1n) is 7.92. The highest BCUT2D eigenvalue weighted by Gasteiger charge is 2.42. The Labute approximate surface area is 151 Å². The number of halogens is 1. The van der Waals surface area contributed by atoms with E-state index in [1.165, 1.54) is 0 Å². The molecule has 1 heterocycles. The number of methoxy groups -OCH3 is 1. The second-order valence-electron chi connectivity index (χ2n) is 6.07. The number of carbonyl (C=O) groups is 1. The first kappa shape index (κ1) is 17.3. The number of hydrogen-bond acceptors (Lipinski definition) is 4. The number of nitrogens with one attached hydrogen (secondary N) is 1. The molecule has 2 aromatic carbocycles. The molecule has 0 fully saturated rings. The Kier molecular flexibility index (Phi) is 4.95. The normalized spacial score (nSPS) is 19.1. The predicted molar refractivity (Wildman–Crippen MR) is 96.9 cm³/mol. The molecule has 2 aromatic rings. The zero-order chi connectivity index (χ0) is 17.9. The number of benzene rings is 2. The van der Waals surface area contributed by atoms with Gasteiger partial charge in [-0.1, -0.05) is 41.0 Å². The third kappa shape index (κ3) is 3.94. The molecule has 0 spiro atoms. The maximum absolute atomic E-state index is 12.5. The van der Waals surface area contributed by atoms with E-state index in [9.17, 15) is 4.79 Å². The average Bonchev–Trinajstić information content (AvgIpc) is 3.04. The minimum atomic E-state index is -1.01. The molecule has 0 radical (unpaired) electrons. The molecule has 1 N–H and O–H groups in total. The minimum absolute atomic E-state index is 0.198. The quantitative estimate of drug-likeness (QED) is 0.889.